The molecule has 2 aromatic rings. The number of aromatic amines is 1. The van der Waals surface area contributed by atoms with Gasteiger partial charge in [0.1, 0.15) is 11.5 Å². The van der Waals surface area contributed by atoms with Crippen molar-refractivity contribution in [2.45, 2.75) is 6.92 Å². The number of hydrogen-bond donors (Lipinski definition) is 3. The first-order valence-electron chi connectivity index (χ1n) is 5.96. The standard InChI is InChI=1S/C11H14ClN7/c1-6-9(12)10(18-17-6)7-4-8(16-11(13)15-7)19-3-2-14-5-19/h4,14H,2-3,5H2,1H3,(H,17,18)(H2,13,15,16). The van der Waals surface area contributed by atoms with Crippen LogP contribution in [0.2, 0.25) is 5.02 Å². The maximum Gasteiger partial charge on any atom is 0.222 e. The van der Waals surface area contributed by atoms with E-state index in [0.29, 0.717) is 16.4 Å². The molecule has 0 aliphatic carbocycles. The minimum absolute atomic E-state index is 0.219. The zero-order valence-corrected chi connectivity index (χ0v) is 11.2. The van der Waals surface area contributed by atoms with E-state index in [9.17, 15) is 0 Å². The molecule has 0 bridgehead atoms. The van der Waals surface area contributed by atoms with Crippen LogP contribution in [0.5, 0.6) is 0 Å². The summed E-state index contributed by atoms with van der Waals surface area (Å²) in [6.07, 6.45) is 0. The first kappa shape index (κ1) is 12.2. The molecule has 3 rings (SSSR count). The van der Waals surface area contributed by atoms with Gasteiger partial charge < -0.3 is 10.6 Å². The molecule has 19 heavy (non-hydrogen) atoms. The van der Waals surface area contributed by atoms with Crippen LogP contribution in [0.15, 0.2) is 6.07 Å². The second-order valence-electron chi connectivity index (χ2n) is 4.40. The van der Waals surface area contributed by atoms with Crippen molar-refractivity contribution in [1.82, 2.24) is 25.5 Å². The molecule has 7 nitrogen and oxygen atoms in total. The summed E-state index contributed by atoms with van der Waals surface area (Å²) in [5.74, 6) is 1.00. The molecule has 0 radical (unpaired) electrons. The van der Waals surface area contributed by atoms with Crippen LogP contribution in [-0.2, 0) is 0 Å². The largest absolute Gasteiger partial charge is 0.368 e. The highest BCUT2D eigenvalue weighted by Gasteiger charge is 2.18. The highest BCUT2D eigenvalue weighted by atomic mass is 35.5. The van der Waals surface area contributed by atoms with Gasteiger partial charge in [0.25, 0.3) is 0 Å². The molecule has 0 aromatic carbocycles. The number of H-pyrrole nitrogens is 1. The molecule has 8 heteroatoms. The van der Waals surface area contributed by atoms with Gasteiger partial charge in [-0.25, -0.2) is 4.98 Å². The number of aryl methyl sites for hydroxylation is 1. The first-order chi connectivity index (χ1) is 9.15. The van der Waals surface area contributed by atoms with Crippen molar-refractivity contribution in [3.63, 3.8) is 0 Å². The van der Waals surface area contributed by atoms with Crippen molar-refractivity contribution in [1.29, 1.82) is 0 Å². The quantitative estimate of drug-likeness (QED) is 0.752. The molecule has 0 spiro atoms. The molecule has 1 aliphatic heterocycles. The zero-order valence-electron chi connectivity index (χ0n) is 10.4. The number of halogens is 1. The van der Waals surface area contributed by atoms with Crippen molar-refractivity contribution in [2.75, 3.05) is 30.4 Å². The summed E-state index contributed by atoms with van der Waals surface area (Å²) >= 11 is 6.19. The molecule has 100 valence electrons. The first-order valence-corrected chi connectivity index (χ1v) is 6.34. The van der Waals surface area contributed by atoms with Gasteiger partial charge in [-0.05, 0) is 6.92 Å². The maximum absolute atomic E-state index is 6.19. The highest BCUT2D eigenvalue weighted by molar-refractivity contribution is 6.33. The topological polar surface area (TPSA) is 95.8 Å². The van der Waals surface area contributed by atoms with Crippen molar-refractivity contribution >= 4 is 23.4 Å². The van der Waals surface area contributed by atoms with Gasteiger partial charge in [-0.2, -0.15) is 10.1 Å². The van der Waals surface area contributed by atoms with E-state index in [4.69, 9.17) is 17.3 Å². The number of nitrogens with one attached hydrogen (secondary N) is 2. The monoisotopic (exact) mass is 279 g/mol. The minimum atomic E-state index is 0.219. The lowest BCUT2D eigenvalue weighted by Crippen LogP contribution is -2.22. The molecular formula is C11H14ClN7. The minimum Gasteiger partial charge on any atom is -0.368 e. The van der Waals surface area contributed by atoms with Crippen molar-refractivity contribution in [3.05, 3.63) is 16.8 Å². The Kier molecular flexibility index (Phi) is 3.00. The lowest BCUT2D eigenvalue weighted by atomic mass is 10.2. The van der Waals surface area contributed by atoms with E-state index >= 15 is 0 Å². The van der Waals surface area contributed by atoms with Gasteiger partial charge in [0.05, 0.1) is 23.1 Å². The predicted molar refractivity (Wildman–Crippen MR) is 74.0 cm³/mol. The Morgan fingerprint density at radius 1 is 1.42 bits per heavy atom. The zero-order chi connectivity index (χ0) is 13.4. The Hall–Kier alpha value is -1.86. The highest BCUT2D eigenvalue weighted by Crippen LogP contribution is 2.29. The molecule has 3 heterocycles. The molecular weight excluding hydrogens is 266 g/mol. The lowest BCUT2D eigenvalue weighted by Gasteiger charge is -2.16. The van der Waals surface area contributed by atoms with Crippen molar-refractivity contribution in [2.24, 2.45) is 0 Å². The molecule has 1 fully saturated rings. The summed E-state index contributed by atoms with van der Waals surface area (Å²) in [5.41, 5.74) is 7.80. The molecule has 0 amide bonds. The number of anilines is 2. The van der Waals surface area contributed by atoms with Crippen LogP contribution in [0.3, 0.4) is 0 Å². The van der Waals surface area contributed by atoms with Crippen LogP contribution in [0, 0.1) is 6.92 Å². The van der Waals surface area contributed by atoms with Gasteiger partial charge in [0.15, 0.2) is 0 Å². The molecule has 0 unspecified atom stereocenters. The molecule has 0 atom stereocenters. The SMILES string of the molecule is Cc1[nH]nc(-c2cc(N3CCNC3)nc(N)n2)c1Cl. The average Bonchev–Trinajstić information content (AvgIpc) is 3.01. The number of nitrogens with zero attached hydrogens (tertiary/aromatic N) is 4. The Balaban J connectivity index is 2.04. The summed E-state index contributed by atoms with van der Waals surface area (Å²) in [7, 11) is 0. The van der Waals surface area contributed by atoms with Crippen LogP contribution in [-0.4, -0.2) is 39.9 Å². The van der Waals surface area contributed by atoms with Gasteiger partial charge in [-0.3, -0.25) is 10.4 Å². The fraction of sp³-hybridized carbons (Fsp3) is 0.364. The van der Waals surface area contributed by atoms with Gasteiger partial charge in [-0.1, -0.05) is 11.6 Å². The number of rotatable bonds is 2. The summed E-state index contributed by atoms with van der Waals surface area (Å²) in [5, 5.41) is 10.8. The summed E-state index contributed by atoms with van der Waals surface area (Å²) in [6.45, 7) is 4.43. The second kappa shape index (κ2) is 4.67. The molecule has 2 aromatic heterocycles. The Morgan fingerprint density at radius 2 is 2.26 bits per heavy atom. The van der Waals surface area contributed by atoms with E-state index < -0.39 is 0 Å². The summed E-state index contributed by atoms with van der Waals surface area (Å²) in [4.78, 5) is 10.5. The lowest BCUT2D eigenvalue weighted by molar-refractivity contribution is 0.848. The molecule has 1 aliphatic rings. The van der Waals surface area contributed by atoms with Crippen LogP contribution >= 0.6 is 11.6 Å². The number of hydrogen-bond acceptors (Lipinski definition) is 6. The third-order valence-electron chi connectivity index (χ3n) is 3.03. The van der Waals surface area contributed by atoms with Crippen molar-refractivity contribution in [3.8, 4) is 11.4 Å². The third-order valence-corrected chi connectivity index (χ3v) is 3.49. The van der Waals surface area contributed by atoms with Gasteiger partial charge in [0, 0.05) is 19.2 Å². The Morgan fingerprint density at radius 3 is 2.89 bits per heavy atom. The number of nitrogens with two attached hydrogens (primary N) is 1. The van der Waals surface area contributed by atoms with E-state index in [-0.39, 0.29) is 5.95 Å². The Bertz CT molecular complexity index is 603. The normalized spacial score (nSPS) is 15.2. The van der Waals surface area contributed by atoms with Crippen LogP contribution < -0.4 is 16.0 Å². The number of aromatic nitrogens is 4. The summed E-state index contributed by atoms with van der Waals surface area (Å²) < 4.78 is 0. The molecule has 1 saturated heterocycles. The van der Waals surface area contributed by atoms with E-state index in [1.165, 1.54) is 0 Å². The fourth-order valence-electron chi connectivity index (χ4n) is 2.02. The smallest absolute Gasteiger partial charge is 0.222 e. The van der Waals surface area contributed by atoms with E-state index in [2.05, 4.69) is 30.4 Å². The maximum atomic E-state index is 6.19. The van der Waals surface area contributed by atoms with Gasteiger partial charge in [-0.15, -0.1) is 0 Å². The predicted octanol–water partition coefficient (Wildman–Crippen LogP) is 0.778. The number of nitrogen functional groups attached to an aromatic ring is 1. The second-order valence-corrected chi connectivity index (χ2v) is 4.78. The van der Waals surface area contributed by atoms with Crippen molar-refractivity contribution < 1.29 is 0 Å². The van der Waals surface area contributed by atoms with E-state index in [1.54, 1.807) is 0 Å². The van der Waals surface area contributed by atoms with Crippen LogP contribution in [0.4, 0.5) is 11.8 Å². The third kappa shape index (κ3) is 2.22. The van der Waals surface area contributed by atoms with Crippen LogP contribution in [0.1, 0.15) is 5.69 Å². The fourth-order valence-corrected chi connectivity index (χ4v) is 2.21. The van der Waals surface area contributed by atoms with E-state index in [0.717, 1.165) is 31.3 Å². The summed E-state index contributed by atoms with van der Waals surface area (Å²) in [6, 6.07) is 1.85. The Labute approximate surface area is 115 Å². The van der Waals surface area contributed by atoms with Crippen LogP contribution in [0.25, 0.3) is 11.4 Å². The van der Waals surface area contributed by atoms with Gasteiger partial charge in [0.2, 0.25) is 5.95 Å². The molecule has 4 N–H and O–H groups in total. The molecule has 0 saturated carbocycles. The van der Waals surface area contributed by atoms with Gasteiger partial charge >= 0.3 is 0 Å². The van der Waals surface area contributed by atoms with E-state index in [1.807, 2.05) is 13.0 Å². The average molecular weight is 280 g/mol.